The molecule has 4 rings (SSSR count). The molecule has 140 valence electrons. The molecule has 0 saturated carbocycles. The predicted molar refractivity (Wildman–Crippen MR) is 99.5 cm³/mol. The topological polar surface area (TPSA) is 89.6 Å². The van der Waals surface area contributed by atoms with E-state index in [0.29, 0.717) is 30.0 Å². The maximum absolute atomic E-state index is 13.0. The minimum absolute atomic E-state index is 0.143. The number of benzene rings is 1. The molecule has 1 amide bonds. The Labute approximate surface area is 155 Å². The summed E-state index contributed by atoms with van der Waals surface area (Å²) in [5.74, 6) is 0.124. The van der Waals surface area contributed by atoms with E-state index in [9.17, 15) is 14.7 Å². The van der Waals surface area contributed by atoms with Gasteiger partial charge < -0.3 is 19.3 Å². The highest BCUT2D eigenvalue weighted by Crippen LogP contribution is 2.33. The third-order valence-electron chi connectivity index (χ3n) is 4.97. The zero-order valence-electron chi connectivity index (χ0n) is 15.4. The van der Waals surface area contributed by atoms with Crippen LogP contribution in [0.1, 0.15) is 21.7 Å². The standard InChI is InChI=1S/C19H20N4O4/c1-11-15-14(17(24)16-19(26)21(2)7-8-22(15)16)18(25)23(20-11)10-12-5-4-6-13(9-12)27-3/h4-6,9,24H,7-8,10H2,1-3H3. The van der Waals surface area contributed by atoms with Crippen LogP contribution in [0, 0.1) is 6.92 Å². The van der Waals surface area contributed by atoms with Crippen LogP contribution in [-0.2, 0) is 13.1 Å². The molecular weight excluding hydrogens is 348 g/mol. The van der Waals surface area contributed by atoms with E-state index in [1.54, 1.807) is 25.6 Å². The Kier molecular flexibility index (Phi) is 3.91. The predicted octanol–water partition coefficient (Wildman–Crippen LogP) is 1.35. The van der Waals surface area contributed by atoms with Crippen molar-refractivity contribution >= 4 is 16.8 Å². The van der Waals surface area contributed by atoms with Crippen molar-refractivity contribution in [2.24, 2.45) is 0 Å². The van der Waals surface area contributed by atoms with Gasteiger partial charge >= 0.3 is 0 Å². The fourth-order valence-corrected chi connectivity index (χ4v) is 3.61. The number of ether oxygens (including phenoxy) is 1. The summed E-state index contributed by atoms with van der Waals surface area (Å²) < 4.78 is 8.23. The smallest absolute Gasteiger partial charge is 0.280 e. The van der Waals surface area contributed by atoms with Gasteiger partial charge in [0.25, 0.3) is 11.5 Å². The Morgan fingerprint density at radius 1 is 1.26 bits per heavy atom. The lowest BCUT2D eigenvalue weighted by molar-refractivity contribution is 0.0747. The first-order chi connectivity index (χ1) is 12.9. The molecule has 1 aliphatic heterocycles. The molecular formula is C19H20N4O4. The van der Waals surface area contributed by atoms with Crippen molar-refractivity contribution < 1.29 is 14.6 Å². The highest BCUT2D eigenvalue weighted by Gasteiger charge is 2.31. The number of hydrogen-bond donors (Lipinski definition) is 1. The molecule has 8 nitrogen and oxygen atoms in total. The maximum atomic E-state index is 13.0. The van der Waals surface area contributed by atoms with Crippen molar-refractivity contribution in [1.82, 2.24) is 19.2 Å². The van der Waals surface area contributed by atoms with Gasteiger partial charge in [0, 0.05) is 20.1 Å². The lowest BCUT2D eigenvalue weighted by atomic mass is 10.2. The maximum Gasteiger partial charge on any atom is 0.280 e. The van der Waals surface area contributed by atoms with Gasteiger partial charge in [-0.2, -0.15) is 5.10 Å². The molecule has 3 aromatic rings. The van der Waals surface area contributed by atoms with Gasteiger partial charge in [0.2, 0.25) is 0 Å². The molecule has 0 spiro atoms. The Morgan fingerprint density at radius 2 is 2.04 bits per heavy atom. The highest BCUT2D eigenvalue weighted by molar-refractivity contribution is 6.04. The first-order valence-corrected chi connectivity index (χ1v) is 8.63. The third-order valence-corrected chi connectivity index (χ3v) is 4.97. The number of nitrogens with zero attached hydrogens (tertiary/aromatic N) is 4. The lowest BCUT2D eigenvalue weighted by Crippen LogP contribution is -2.37. The van der Waals surface area contributed by atoms with Crippen LogP contribution in [-0.4, -0.2) is 51.0 Å². The first kappa shape index (κ1) is 17.1. The normalized spacial score (nSPS) is 13.9. The zero-order chi connectivity index (χ0) is 19.3. The molecule has 3 heterocycles. The Balaban J connectivity index is 1.90. The largest absolute Gasteiger partial charge is 0.505 e. The van der Waals surface area contributed by atoms with Crippen LogP contribution in [0.25, 0.3) is 10.9 Å². The third kappa shape index (κ3) is 2.56. The summed E-state index contributed by atoms with van der Waals surface area (Å²) in [4.78, 5) is 27.0. The summed E-state index contributed by atoms with van der Waals surface area (Å²) in [5.41, 5.74) is 1.69. The quantitative estimate of drug-likeness (QED) is 0.754. The molecule has 0 bridgehead atoms. The SMILES string of the molecule is COc1cccc(Cn2nc(C)c3c(c(O)c4n3CCN(C)C4=O)c2=O)c1. The van der Waals surface area contributed by atoms with E-state index >= 15 is 0 Å². The van der Waals surface area contributed by atoms with E-state index in [4.69, 9.17) is 4.74 Å². The number of rotatable bonds is 3. The van der Waals surface area contributed by atoms with Crippen LogP contribution in [0.4, 0.5) is 0 Å². The molecule has 1 aliphatic rings. The van der Waals surface area contributed by atoms with Crippen LogP contribution in [0.2, 0.25) is 0 Å². The average Bonchev–Trinajstić information content (AvgIpc) is 2.96. The van der Waals surface area contributed by atoms with E-state index in [0.717, 1.165) is 5.56 Å². The summed E-state index contributed by atoms with van der Waals surface area (Å²) in [6, 6.07) is 7.37. The number of amides is 1. The molecule has 1 aromatic carbocycles. The fraction of sp³-hybridized carbons (Fsp3) is 0.316. The van der Waals surface area contributed by atoms with Gasteiger partial charge in [-0.15, -0.1) is 0 Å². The first-order valence-electron chi connectivity index (χ1n) is 8.63. The van der Waals surface area contributed by atoms with Gasteiger partial charge in [-0.25, -0.2) is 4.68 Å². The number of fused-ring (bicyclic) bond motifs is 3. The number of likely N-dealkylation sites (N-methyl/N-ethyl adjacent to an activating group) is 1. The number of methoxy groups -OCH3 is 1. The molecule has 2 aromatic heterocycles. The fourth-order valence-electron chi connectivity index (χ4n) is 3.61. The number of hydrogen-bond acceptors (Lipinski definition) is 5. The van der Waals surface area contributed by atoms with Gasteiger partial charge in [0.15, 0.2) is 11.4 Å². The van der Waals surface area contributed by atoms with Crippen molar-refractivity contribution in [1.29, 1.82) is 0 Å². The van der Waals surface area contributed by atoms with Crippen molar-refractivity contribution in [2.75, 3.05) is 20.7 Å². The Hall–Kier alpha value is -3.29. The van der Waals surface area contributed by atoms with Crippen molar-refractivity contribution in [3.05, 3.63) is 51.6 Å². The summed E-state index contributed by atoms with van der Waals surface area (Å²) in [6.07, 6.45) is 0. The average molecular weight is 368 g/mol. The van der Waals surface area contributed by atoms with E-state index in [2.05, 4.69) is 5.10 Å². The van der Waals surface area contributed by atoms with Gasteiger partial charge in [0.1, 0.15) is 11.1 Å². The Bertz CT molecular complexity index is 1130. The minimum atomic E-state index is -0.423. The van der Waals surface area contributed by atoms with Crippen LogP contribution in [0.5, 0.6) is 11.5 Å². The van der Waals surface area contributed by atoms with Crippen LogP contribution >= 0.6 is 0 Å². The van der Waals surface area contributed by atoms with Crippen molar-refractivity contribution in [3.8, 4) is 11.5 Å². The molecule has 0 saturated heterocycles. The van der Waals surface area contributed by atoms with Crippen LogP contribution < -0.4 is 10.3 Å². The molecule has 0 unspecified atom stereocenters. The van der Waals surface area contributed by atoms with Gasteiger partial charge in [-0.1, -0.05) is 12.1 Å². The zero-order valence-corrected chi connectivity index (χ0v) is 15.4. The van der Waals surface area contributed by atoms with Gasteiger partial charge in [0.05, 0.1) is 24.9 Å². The van der Waals surface area contributed by atoms with Crippen molar-refractivity contribution in [2.45, 2.75) is 20.0 Å². The second kappa shape index (κ2) is 6.15. The minimum Gasteiger partial charge on any atom is -0.505 e. The Morgan fingerprint density at radius 3 is 2.78 bits per heavy atom. The van der Waals surface area contributed by atoms with E-state index in [1.165, 1.54) is 9.58 Å². The molecule has 0 radical (unpaired) electrons. The van der Waals surface area contributed by atoms with Crippen molar-refractivity contribution in [3.63, 3.8) is 0 Å². The summed E-state index contributed by atoms with van der Waals surface area (Å²) in [6.45, 7) is 3.04. The van der Waals surface area contributed by atoms with Gasteiger partial charge in [-0.05, 0) is 24.6 Å². The number of aromatic nitrogens is 3. The summed E-state index contributed by atoms with van der Waals surface area (Å²) >= 11 is 0. The monoisotopic (exact) mass is 368 g/mol. The summed E-state index contributed by atoms with van der Waals surface area (Å²) in [5, 5.41) is 15.2. The molecule has 27 heavy (non-hydrogen) atoms. The lowest BCUT2D eigenvalue weighted by Gasteiger charge is -2.25. The number of carbonyl (C=O) groups is 1. The number of aryl methyl sites for hydroxylation is 1. The molecule has 1 N–H and O–H groups in total. The molecule has 0 fully saturated rings. The van der Waals surface area contributed by atoms with E-state index < -0.39 is 5.56 Å². The molecule has 8 heteroatoms. The van der Waals surface area contributed by atoms with E-state index in [-0.39, 0.29) is 29.3 Å². The van der Waals surface area contributed by atoms with Gasteiger partial charge in [-0.3, -0.25) is 9.59 Å². The summed E-state index contributed by atoms with van der Waals surface area (Å²) in [7, 11) is 3.26. The number of carbonyl (C=O) groups excluding carboxylic acids is 1. The molecule has 0 aliphatic carbocycles. The van der Waals surface area contributed by atoms with Crippen LogP contribution in [0.15, 0.2) is 29.1 Å². The van der Waals surface area contributed by atoms with E-state index in [1.807, 2.05) is 24.3 Å². The van der Waals surface area contributed by atoms with Crippen LogP contribution in [0.3, 0.4) is 0 Å². The second-order valence-corrected chi connectivity index (χ2v) is 6.70. The molecule has 0 atom stereocenters. The second-order valence-electron chi connectivity index (χ2n) is 6.70. The number of aromatic hydroxyl groups is 1. The highest BCUT2D eigenvalue weighted by atomic mass is 16.5.